The molecule has 2 heteroatoms. The molecule has 1 fully saturated rings. The van der Waals surface area contributed by atoms with Crippen LogP contribution >= 0.6 is 0 Å². The number of hydrogen-bond donors (Lipinski definition) is 1. The van der Waals surface area contributed by atoms with Crippen LogP contribution in [0.4, 0.5) is 0 Å². The summed E-state index contributed by atoms with van der Waals surface area (Å²) in [6, 6.07) is 1.27. The molecular formula is C10H20N2. The van der Waals surface area contributed by atoms with Crippen molar-refractivity contribution >= 4 is 0 Å². The number of nitrogens with one attached hydrogen (secondary N) is 1. The van der Waals surface area contributed by atoms with Crippen molar-refractivity contribution in [2.24, 2.45) is 0 Å². The fourth-order valence-corrected chi connectivity index (χ4v) is 1.62. The van der Waals surface area contributed by atoms with E-state index in [1.54, 1.807) is 0 Å². The summed E-state index contributed by atoms with van der Waals surface area (Å²) in [5, 5.41) is 3.30. The fourth-order valence-electron chi connectivity index (χ4n) is 1.62. The summed E-state index contributed by atoms with van der Waals surface area (Å²) in [6.45, 7) is 11.8. The van der Waals surface area contributed by atoms with Gasteiger partial charge in [-0.05, 0) is 19.9 Å². The standard InChI is InChI=1S/C10H20N2/c1-4-6-12(9(3)5-2)10-7-11-8-10/h5,9-11H,2,4,6-8H2,1,3H3. The molecule has 0 aromatic carbocycles. The van der Waals surface area contributed by atoms with Gasteiger partial charge in [-0.25, -0.2) is 0 Å². The first-order valence-corrected chi connectivity index (χ1v) is 4.88. The first kappa shape index (κ1) is 9.75. The van der Waals surface area contributed by atoms with Crippen LogP contribution in [-0.2, 0) is 0 Å². The Morgan fingerprint density at radius 3 is 2.67 bits per heavy atom. The Bertz CT molecular complexity index is 141. The Labute approximate surface area is 75.6 Å². The quantitative estimate of drug-likeness (QED) is 0.621. The lowest BCUT2D eigenvalue weighted by Gasteiger charge is -2.40. The Morgan fingerprint density at radius 2 is 2.33 bits per heavy atom. The topological polar surface area (TPSA) is 15.3 Å². The van der Waals surface area contributed by atoms with Gasteiger partial charge in [-0.15, -0.1) is 6.58 Å². The molecule has 1 unspecified atom stereocenters. The van der Waals surface area contributed by atoms with E-state index < -0.39 is 0 Å². The van der Waals surface area contributed by atoms with Crippen LogP contribution in [0.2, 0.25) is 0 Å². The normalized spacial score (nSPS) is 20.6. The van der Waals surface area contributed by atoms with Crippen LogP contribution in [0.15, 0.2) is 12.7 Å². The van der Waals surface area contributed by atoms with E-state index in [0.29, 0.717) is 6.04 Å². The molecular weight excluding hydrogens is 148 g/mol. The molecule has 12 heavy (non-hydrogen) atoms. The van der Waals surface area contributed by atoms with Gasteiger partial charge in [0.05, 0.1) is 0 Å². The molecule has 2 nitrogen and oxygen atoms in total. The van der Waals surface area contributed by atoms with Crippen molar-refractivity contribution in [3.05, 3.63) is 12.7 Å². The zero-order valence-electron chi connectivity index (χ0n) is 8.21. The van der Waals surface area contributed by atoms with E-state index in [9.17, 15) is 0 Å². The predicted molar refractivity (Wildman–Crippen MR) is 53.3 cm³/mol. The van der Waals surface area contributed by atoms with Gasteiger partial charge in [-0.3, -0.25) is 4.90 Å². The van der Waals surface area contributed by atoms with Gasteiger partial charge in [0.1, 0.15) is 0 Å². The number of rotatable bonds is 5. The first-order valence-electron chi connectivity index (χ1n) is 4.88. The lowest BCUT2D eigenvalue weighted by Crippen LogP contribution is -2.59. The summed E-state index contributed by atoms with van der Waals surface area (Å²) in [4.78, 5) is 2.53. The molecule has 0 aliphatic carbocycles. The summed E-state index contributed by atoms with van der Waals surface area (Å²) >= 11 is 0. The van der Waals surface area contributed by atoms with Crippen molar-refractivity contribution < 1.29 is 0 Å². The summed E-state index contributed by atoms with van der Waals surface area (Å²) in [5.41, 5.74) is 0. The molecule has 70 valence electrons. The van der Waals surface area contributed by atoms with Gasteiger partial charge in [-0.1, -0.05) is 13.0 Å². The van der Waals surface area contributed by atoms with E-state index in [-0.39, 0.29) is 0 Å². The monoisotopic (exact) mass is 168 g/mol. The van der Waals surface area contributed by atoms with Gasteiger partial charge in [0.2, 0.25) is 0 Å². The maximum atomic E-state index is 3.84. The first-order chi connectivity index (χ1) is 5.79. The van der Waals surface area contributed by atoms with Crippen molar-refractivity contribution in [2.45, 2.75) is 32.4 Å². The minimum Gasteiger partial charge on any atom is -0.314 e. The van der Waals surface area contributed by atoms with Gasteiger partial charge in [0.25, 0.3) is 0 Å². The van der Waals surface area contributed by atoms with Crippen LogP contribution in [0, 0.1) is 0 Å². The molecule has 0 aromatic rings. The van der Waals surface area contributed by atoms with Crippen LogP contribution < -0.4 is 5.32 Å². The Balaban J connectivity index is 2.40. The fraction of sp³-hybridized carbons (Fsp3) is 0.800. The van der Waals surface area contributed by atoms with Gasteiger partial charge < -0.3 is 5.32 Å². The molecule has 0 amide bonds. The van der Waals surface area contributed by atoms with E-state index >= 15 is 0 Å². The van der Waals surface area contributed by atoms with Crippen molar-refractivity contribution in [2.75, 3.05) is 19.6 Å². The third-order valence-corrected chi connectivity index (χ3v) is 2.57. The van der Waals surface area contributed by atoms with Crippen molar-refractivity contribution in [1.29, 1.82) is 0 Å². The minimum absolute atomic E-state index is 0.525. The molecule has 1 rings (SSSR count). The second kappa shape index (κ2) is 4.63. The van der Waals surface area contributed by atoms with Crippen LogP contribution in [-0.4, -0.2) is 36.6 Å². The second-order valence-corrected chi connectivity index (χ2v) is 3.53. The van der Waals surface area contributed by atoms with Gasteiger partial charge in [0, 0.05) is 25.2 Å². The highest BCUT2D eigenvalue weighted by molar-refractivity contribution is 4.92. The lowest BCUT2D eigenvalue weighted by molar-refractivity contribution is 0.123. The van der Waals surface area contributed by atoms with Crippen molar-refractivity contribution in [3.8, 4) is 0 Å². The Kier molecular flexibility index (Phi) is 3.76. The summed E-state index contributed by atoms with van der Waals surface area (Å²) in [6.07, 6.45) is 3.27. The molecule has 1 aliphatic rings. The maximum absolute atomic E-state index is 3.84. The Morgan fingerprint density at radius 1 is 1.67 bits per heavy atom. The molecule has 1 saturated heterocycles. The third-order valence-electron chi connectivity index (χ3n) is 2.57. The van der Waals surface area contributed by atoms with Gasteiger partial charge in [0.15, 0.2) is 0 Å². The molecule has 1 atom stereocenters. The largest absolute Gasteiger partial charge is 0.314 e. The summed E-state index contributed by atoms with van der Waals surface area (Å²) in [7, 11) is 0. The van der Waals surface area contributed by atoms with E-state index in [1.807, 2.05) is 6.08 Å². The molecule has 1 heterocycles. The minimum atomic E-state index is 0.525. The average molecular weight is 168 g/mol. The van der Waals surface area contributed by atoms with E-state index in [1.165, 1.54) is 13.0 Å². The molecule has 0 radical (unpaired) electrons. The van der Waals surface area contributed by atoms with Crippen molar-refractivity contribution in [1.82, 2.24) is 10.2 Å². The molecule has 0 bridgehead atoms. The zero-order valence-corrected chi connectivity index (χ0v) is 8.21. The summed E-state index contributed by atoms with van der Waals surface area (Å²) in [5.74, 6) is 0. The third kappa shape index (κ3) is 2.08. The van der Waals surface area contributed by atoms with Crippen LogP contribution in [0.3, 0.4) is 0 Å². The number of hydrogen-bond acceptors (Lipinski definition) is 2. The predicted octanol–water partition coefficient (Wildman–Crippen LogP) is 1.24. The number of nitrogens with zero attached hydrogens (tertiary/aromatic N) is 1. The molecule has 0 spiro atoms. The van der Waals surface area contributed by atoms with Crippen LogP contribution in [0.25, 0.3) is 0 Å². The highest BCUT2D eigenvalue weighted by Gasteiger charge is 2.25. The Hall–Kier alpha value is -0.340. The van der Waals surface area contributed by atoms with E-state index in [4.69, 9.17) is 0 Å². The van der Waals surface area contributed by atoms with Gasteiger partial charge >= 0.3 is 0 Å². The summed E-state index contributed by atoms with van der Waals surface area (Å²) < 4.78 is 0. The van der Waals surface area contributed by atoms with Crippen LogP contribution in [0.1, 0.15) is 20.3 Å². The highest BCUT2D eigenvalue weighted by Crippen LogP contribution is 2.10. The molecule has 1 N–H and O–H groups in total. The van der Waals surface area contributed by atoms with Crippen molar-refractivity contribution in [3.63, 3.8) is 0 Å². The van der Waals surface area contributed by atoms with Gasteiger partial charge in [-0.2, -0.15) is 0 Å². The lowest BCUT2D eigenvalue weighted by atomic mass is 10.1. The van der Waals surface area contributed by atoms with E-state index in [0.717, 1.165) is 19.1 Å². The van der Waals surface area contributed by atoms with Crippen LogP contribution in [0.5, 0.6) is 0 Å². The molecule has 0 saturated carbocycles. The average Bonchev–Trinajstić information content (AvgIpc) is 1.99. The maximum Gasteiger partial charge on any atom is 0.0351 e. The zero-order chi connectivity index (χ0) is 8.97. The molecule has 1 aliphatic heterocycles. The van der Waals surface area contributed by atoms with E-state index in [2.05, 4.69) is 30.6 Å². The highest BCUT2D eigenvalue weighted by atomic mass is 15.2. The smallest absolute Gasteiger partial charge is 0.0351 e. The molecule has 0 aromatic heterocycles. The SMILES string of the molecule is C=CC(C)N(CCC)C1CNC1. The second-order valence-electron chi connectivity index (χ2n) is 3.53.